The molecular weight excluding hydrogens is 372 g/mol. The van der Waals surface area contributed by atoms with Crippen LogP contribution >= 0.6 is 11.8 Å². The Morgan fingerprint density at radius 2 is 1.81 bits per heavy atom. The van der Waals surface area contributed by atoms with Gasteiger partial charge in [-0.2, -0.15) is 0 Å². The molecule has 0 spiro atoms. The van der Waals surface area contributed by atoms with E-state index in [1.807, 2.05) is 37.4 Å². The van der Waals surface area contributed by atoms with E-state index in [0.717, 1.165) is 17.0 Å². The van der Waals surface area contributed by atoms with Gasteiger partial charge < -0.3 is 10.1 Å². The van der Waals surface area contributed by atoms with Crippen LogP contribution < -0.4 is 14.8 Å². The van der Waals surface area contributed by atoms with Crippen molar-refractivity contribution in [2.24, 2.45) is 0 Å². The number of carbonyl (C=O) groups is 1. The summed E-state index contributed by atoms with van der Waals surface area (Å²) in [5.41, 5.74) is 0.733. The highest BCUT2D eigenvalue weighted by Gasteiger charge is 2.13. The van der Waals surface area contributed by atoms with E-state index in [0.29, 0.717) is 12.3 Å². The molecule has 0 aromatic heterocycles. The average Bonchev–Trinajstić information content (AvgIpc) is 2.65. The maximum Gasteiger partial charge on any atom is 0.262 e. The van der Waals surface area contributed by atoms with Crippen molar-refractivity contribution < 1.29 is 17.9 Å². The van der Waals surface area contributed by atoms with Crippen molar-refractivity contribution >= 4 is 33.4 Å². The summed E-state index contributed by atoms with van der Waals surface area (Å²) >= 11 is 1.54. The molecule has 0 saturated heterocycles. The van der Waals surface area contributed by atoms with Crippen LogP contribution in [0.5, 0.6) is 5.75 Å². The van der Waals surface area contributed by atoms with Crippen molar-refractivity contribution in [1.29, 1.82) is 0 Å². The molecule has 0 atom stereocenters. The SMILES string of the molecule is CCCNS(=O)(=O)c1ccc(OCC(=O)Nc2ccccc2SC)cc1. The number of benzene rings is 2. The Balaban J connectivity index is 1.92. The quantitative estimate of drug-likeness (QED) is 0.639. The minimum atomic E-state index is -3.51. The van der Waals surface area contributed by atoms with Crippen LogP contribution in [-0.4, -0.2) is 33.7 Å². The number of sulfonamides is 1. The number of ether oxygens (including phenoxy) is 1. The van der Waals surface area contributed by atoms with Crippen molar-refractivity contribution in [3.05, 3.63) is 48.5 Å². The lowest BCUT2D eigenvalue weighted by molar-refractivity contribution is -0.118. The number of amides is 1. The van der Waals surface area contributed by atoms with Gasteiger partial charge in [-0.3, -0.25) is 4.79 Å². The summed E-state index contributed by atoms with van der Waals surface area (Å²) in [6.45, 7) is 2.11. The van der Waals surface area contributed by atoms with Crippen LogP contribution in [0.1, 0.15) is 13.3 Å². The lowest BCUT2D eigenvalue weighted by Crippen LogP contribution is -2.24. The molecule has 0 bridgehead atoms. The summed E-state index contributed by atoms with van der Waals surface area (Å²) in [5, 5.41) is 2.80. The van der Waals surface area contributed by atoms with E-state index in [1.165, 1.54) is 24.3 Å². The zero-order valence-corrected chi connectivity index (χ0v) is 16.3. The van der Waals surface area contributed by atoms with Crippen LogP contribution in [0, 0.1) is 0 Å². The van der Waals surface area contributed by atoms with Gasteiger partial charge in [-0.05, 0) is 49.1 Å². The van der Waals surface area contributed by atoms with Gasteiger partial charge in [0.25, 0.3) is 5.91 Å². The molecule has 0 unspecified atom stereocenters. The van der Waals surface area contributed by atoms with Gasteiger partial charge in [0.05, 0.1) is 10.6 Å². The first-order valence-electron chi connectivity index (χ1n) is 8.11. The van der Waals surface area contributed by atoms with Crippen LogP contribution in [0.15, 0.2) is 58.3 Å². The second-order valence-corrected chi connectivity index (χ2v) is 8.02. The third-order valence-electron chi connectivity index (χ3n) is 3.43. The van der Waals surface area contributed by atoms with E-state index in [9.17, 15) is 13.2 Å². The standard InChI is InChI=1S/C18H22N2O4S2/c1-3-12-19-26(22,23)15-10-8-14(9-11-15)24-13-18(21)20-16-6-4-5-7-17(16)25-2/h4-11,19H,3,12-13H2,1-2H3,(H,20,21). The predicted molar refractivity (Wildman–Crippen MR) is 104 cm³/mol. The van der Waals surface area contributed by atoms with Crippen LogP contribution in [0.25, 0.3) is 0 Å². The summed E-state index contributed by atoms with van der Waals surface area (Å²) in [6, 6.07) is 13.5. The fourth-order valence-electron chi connectivity index (χ4n) is 2.12. The zero-order chi connectivity index (χ0) is 19.0. The van der Waals surface area contributed by atoms with Crippen LogP contribution in [0.3, 0.4) is 0 Å². The molecule has 0 aliphatic rings. The smallest absolute Gasteiger partial charge is 0.262 e. The minimum Gasteiger partial charge on any atom is -0.484 e. The molecule has 140 valence electrons. The van der Waals surface area contributed by atoms with E-state index in [4.69, 9.17) is 4.74 Å². The Bertz CT molecular complexity index is 837. The molecule has 0 fully saturated rings. The lowest BCUT2D eigenvalue weighted by atomic mass is 10.3. The molecule has 0 saturated carbocycles. The van der Waals surface area contributed by atoms with E-state index in [1.54, 1.807) is 11.8 Å². The van der Waals surface area contributed by atoms with Gasteiger partial charge in [0.15, 0.2) is 6.61 Å². The zero-order valence-electron chi connectivity index (χ0n) is 14.7. The normalized spacial score (nSPS) is 11.2. The van der Waals surface area contributed by atoms with Crippen LogP contribution in [0.4, 0.5) is 5.69 Å². The fourth-order valence-corrected chi connectivity index (χ4v) is 3.81. The Morgan fingerprint density at radius 3 is 2.46 bits per heavy atom. The molecular formula is C18H22N2O4S2. The minimum absolute atomic E-state index is 0.164. The second kappa shape index (κ2) is 9.61. The maximum absolute atomic E-state index is 12.0. The Morgan fingerprint density at radius 1 is 1.12 bits per heavy atom. The number of thioether (sulfide) groups is 1. The largest absolute Gasteiger partial charge is 0.484 e. The van der Waals surface area contributed by atoms with Crippen molar-refractivity contribution in [3.8, 4) is 5.75 Å². The number of hydrogen-bond acceptors (Lipinski definition) is 5. The number of hydrogen-bond donors (Lipinski definition) is 2. The molecule has 0 aliphatic heterocycles. The van der Waals surface area contributed by atoms with Crippen LogP contribution in [-0.2, 0) is 14.8 Å². The monoisotopic (exact) mass is 394 g/mol. The Labute approximate surface area is 158 Å². The van der Waals surface area contributed by atoms with Gasteiger partial charge in [0, 0.05) is 11.4 Å². The predicted octanol–water partition coefficient (Wildman–Crippen LogP) is 3.11. The molecule has 0 aliphatic carbocycles. The third kappa shape index (κ3) is 5.76. The highest BCUT2D eigenvalue weighted by atomic mass is 32.2. The first kappa shape index (κ1) is 20.3. The first-order chi connectivity index (χ1) is 12.5. The average molecular weight is 395 g/mol. The summed E-state index contributed by atoms with van der Waals surface area (Å²) in [7, 11) is -3.51. The van der Waals surface area contributed by atoms with E-state index in [-0.39, 0.29) is 17.4 Å². The molecule has 2 N–H and O–H groups in total. The van der Waals surface area contributed by atoms with Gasteiger partial charge in [0.2, 0.25) is 10.0 Å². The number of nitrogens with one attached hydrogen (secondary N) is 2. The van der Waals surface area contributed by atoms with E-state index >= 15 is 0 Å². The Hall–Kier alpha value is -2.03. The lowest BCUT2D eigenvalue weighted by Gasteiger charge is -2.11. The first-order valence-corrected chi connectivity index (χ1v) is 10.8. The third-order valence-corrected chi connectivity index (χ3v) is 5.70. The van der Waals surface area contributed by atoms with Gasteiger partial charge in [-0.1, -0.05) is 19.1 Å². The number of para-hydroxylation sites is 1. The van der Waals surface area contributed by atoms with Gasteiger partial charge in [-0.15, -0.1) is 11.8 Å². The van der Waals surface area contributed by atoms with Crippen molar-refractivity contribution in [1.82, 2.24) is 4.72 Å². The number of anilines is 1. The molecule has 2 aromatic carbocycles. The molecule has 26 heavy (non-hydrogen) atoms. The van der Waals surface area contributed by atoms with Crippen molar-refractivity contribution in [3.63, 3.8) is 0 Å². The molecule has 2 rings (SSSR count). The van der Waals surface area contributed by atoms with Gasteiger partial charge in [0.1, 0.15) is 5.75 Å². The van der Waals surface area contributed by atoms with Crippen molar-refractivity contribution in [2.45, 2.75) is 23.1 Å². The fraction of sp³-hybridized carbons (Fsp3) is 0.278. The Kier molecular flexibility index (Phi) is 7.50. The van der Waals surface area contributed by atoms with E-state index < -0.39 is 10.0 Å². The molecule has 8 heteroatoms. The molecule has 6 nitrogen and oxygen atoms in total. The summed E-state index contributed by atoms with van der Waals surface area (Å²) in [5.74, 6) is 0.139. The van der Waals surface area contributed by atoms with Gasteiger partial charge >= 0.3 is 0 Å². The second-order valence-electron chi connectivity index (χ2n) is 5.41. The number of rotatable bonds is 9. The molecule has 0 heterocycles. The summed E-state index contributed by atoms with van der Waals surface area (Å²) < 4.78 is 32.0. The molecule has 2 aromatic rings. The summed E-state index contributed by atoms with van der Waals surface area (Å²) in [6.07, 6.45) is 2.65. The highest BCUT2D eigenvalue weighted by Crippen LogP contribution is 2.24. The highest BCUT2D eigenvalue weighted by molar-refractivity contribution is 7.98. The van der Waals surface area contributed by atoms with Crippen LogP contribution in [0.2, 0.25) is 0 Å². The van der Waals surface area contributed by atoms with Gasteiger partial charge in [-0.25, -0.2) is 13.1 Å². The molecule has 1 amide bonds. The topological polar surface area (TPSA) is 84.5 Å². The number of carbonyl (C=O) groups excluding carboxylic acids is 1. The maximum atomic E-state index is 12.0. The molecule has 0 radical (unpaired) electrons. The van der Waals surface area contributed by atoms with Crippen molar-refractivity contribution in [2.75, 3.05) is 24.7 Å². The summed E-state index contributed by atoms with van der Waals surface area (Å²) in [4.78, 5) is 13.2. The van der Waals surface area contributed by atoms with E-state index in [2.05, 4.69) is 10.0 Å².